The molecule has 0 aromatic rings. The smallest absolute Gasteiger partial charge is 0.416 e. The van der Waals surface area contributed by atoms with Crippen molar-refractivity contribution in [3.8, 4) is 0 Å². The zero-order chi connectivity index (χ0) is 8.27. The molecule has 11 heavy (non-hydrogen) atoms. The van der Waals surface area contributed by atoms with E-state index in [9.17, 15) is 9.59 Å². The van der Waals surface area contributed by atoms with Gasteiger partial charge in [-0.1, -0.05) is 22.6 Å². The Morgan fingerprint density at radius 2 is 2.45 bits per heavy atom. The van der Waals surface area contributed by atoms with Crippen LogP contribution in [0.2, 0.25) is 0 Å². The maximum atomic E-state index is 11.0. The van der Waals surface area contributed by atoms with Crippen LogP contribution >= 0.6 is 22.6 Å². The van der Waals surface area contributed by atoms with E-state index in [1.54, 1.807) is 4.08 Å². The molecule has 0 aromatic heterocycles. The summed E-state index contributed by atoms with van der Waals surface area (Å²) in [6.45, 7) is 0.665. The van der Waals surface area contributed by atoms with E-state index in [1.165, 1.54) is 6.08 Å². The highest BCUT2D eigenvalue weighted by Gasteiger charge is 2.26. The summed E-state index contributed by atoms with van der Waals surface area (Å²) in [5.74, 6) is -0.318. The van der Waals surface area contributed by atoms with E-state index >= 15 is 0 Å². The molecule has 5 heteroatoms. The fourth-order valence-electron chi connectivity index (χ4n) is 0.737. The van der Waals surface area contributed by atoms with E-state index in [-0.39, 0.29) is 5.91 Å². The summed E-state index contributed by atoms with van der Waals surface area (Å²) in [6.07, 6.45) is 0.775. The van der Waals surface area contributed by atoms with E-state index in [0.29, 0.717) is 13.2 Å². The molecule has 60 valence electrons. The van der Waals surface area contributed by atoms with Gasteiger partial charge in [0.15, 0.2) is 0 Å². The van der Waals surface area contributed by atoms with Gasteiger partial charge in [0.25, 0.3) is 5.91 Å². The van der Waals surface area contributed by atoms with Crippen molar-refractivity contribution in [1.29, 1.82) is 0 Å². The molecule has 0 saturated carbocycles. The van der Waals surface area contributed by atoms with Gasteiger partial charge in [0, 0.05) is 6.08 Å². The lowest BCUT2D eigenvalue weighted by atomic mass is 10.5. The van der Waals surface area contributed by atoms with Crippen LogP contribution in [0.1, 0.15) is 0 Å². The van der Waals surface area contributed by atoms with Gasteiger partial charge in [0.1, 0.15) is 6.61 Å². The summed E-state index contributed by atoms with van der Waals surface area (Å²) in [7, 11) is 0. The average molecular weight is 267 g/mol. The van der Waals surface area contributed by atoms with Gasteiger partial charge in [0.2, 0.25) is 0 Å². The third kappa shape index (κ3) is 1.92. The van der Waals surface area contributed by atoms with Gasteiger partial charge in [0.05, 0.1) is 6.54 Å². The maximum absolute atomic E-state index is 11.0. The van der Waals surface area contributed by atoms with Gasteiger partial charge < -0.3 is 4.74 Å². The van der Waals surface area contributed by atoms with Crippen molar-refractivity contribution in [1.82, 2.24) is 4.90 Å². The van der Waals surface area contributed by atoms with Gasteiger partial charge in [-0.25, -0.2) is 9.69 Å². The predicted octanol–water partition coefficient (Wildman–Crippen LogP) is 0.914. The van der Waals surface area contributed by atoms with E-state index < -0.39 is 6.09 Å². The summed E-state index contributed by atoms with van der Waals surface area (Å²) in [6, 6.07) is 0. The Morgan fingerprint density at radius 3 is 2.91 bits per heavy atom. The molecule has 0 radical (unpaired) electrons. The van der Waals surface area contributed by atoms with Crippen LogP contribution in [-0.2, 0) is 9.53 Å². The number of cyclic esters (lactones) is 1. The number of halogens is 1. The van der Waals surface area contributed by atoms with E-state index in [2.05, 4.69) is 4.74 Å². The van der Waals surface area contributed by atoms with E-state index in [4.69, 9.17) is 0 Å². The minimum Gasteiger partial charge on any atom is -0.447 e. The molecule has 0 bridgehead atoms. The first-order chi connectivity index (χ1) is 5.25. The van der Waals surface area contributed by atoms with Gasteiger partial charge in [-0.05, 0) is 4.08 Å². The number of hydrogen-bond donors (Lipinski definition) is 0. The Bertz CT molecular complexity index is 214. The number of carbonyl (C=O) groups is 2. The van der Waals surface area contributed by atoms with Gasteiger partial charge in [-0.2, -0.15) is 0 Å². The fraction of sp³-hybridized carbons (Fsp3) is 0.333. The first kappa shape index (κ1) is 8.51. The Kier molecular flexibility index (Phi) is 2.86. The van der Waals surface area contributed by atoms with Gasteiger partial charge >= 0.3 is 6.09 Å². The molecule has 4 nitrogen and oxygen atoms in total. The lowest BCUT2D eigenvalue weighted by Crippen LogP contribution is -2.29. The minimum atomic E-state index is -0.551. The van der Waals surface area contributed by atoms with Crippen molar-refractivity contribution in [2.24, 2.45) is 0 Å². The minimum absolute atomic E-state index is 0.305. The molecule has 0 spiro atoms. The Balaban J connectivity index is 2.59. The summed E-state index contributed by atoms with van der Waals surface area (Å²) in [5.41, 5.74) is 0. The molecule has 0 atom stereocenters. The number of imide groups is 1. The number of rotatable bonds is 1. The molecule has 0 unspecified atom stereocenters. The fourth-order valence-corrected chi connectivity index (χ4v) is 1.05. The standard InChI is InChI=1S/C6H6INO3/c7-2-1-5(9)8-3-4-11-6(8)10/h1-2H,3-4H2/b2-1+. The SMILES string of the molecule is O=C(/C=C/I)N1CCOC1=O. The second-order valence-electron chi connectivity index (χ2n) is 1.90. The monoisotopic (exact) mass is 267 g/mol. The third-order valence-electron chi connectivity index (χ3n) is 1.23. The molecule has 0 aromatic carbocycles. The number of hydrogen-bond acceptors (Lipinski definition) is 3. The van der Waals surface area contributed by atoms with Crippen LogP contribution in [0.15, 0.2) is 10.2 Å². The van der Waals surface area contributed by atoms with Gasteiger partial charge in [-0.15, -0.1) is 0 Å². The van der Waals surface area contributed by atoms with Gasteiger partial charge in [-0.3, -0.25) is 4.79 Å². The molecule has 2 amide bonds. The Morgan fingerprint density at radius 1 is 1.73 bits per heavy atom. The molecular formula is C6H6INO3. The van der Waals surface area contributed by atoms with Crippen LogP contribution < -0.4 is 0 Å². The molecular weight excluding hydrogens is 261 g/mol. The number of nitrogens with zero attached hydrogens (tertiary/aromatic N) is 1. The quantitative estimate of drug-likeness (QED) is 0.524. The zero-order valence-electron chi connectivity index (χ0n) is 5.62. The molecule has 1 aliphatic rings. The largest absolute Gasteiger partial charge is 0.447 e. The molecule has 0 N–H and O–H groups in total. The summed E-state index contributed by atoms with van der Waals surface area (Å²) >= 11 is 1.92. The molecule has 0 aliphatic carbocycles. The Hall–Kier alpha value is -0.590. The highest BCUT2D eigenvalue weighted by atomic mass is 127. The van der Waals surface area contributed by atoms with Crippen molar-refractivity contribution in [2.75, 3.05) is 13.2 Å². The Labute approximate surface area is 77.3 Å². The lowest BCUT2D eigenvalue weighted by Gasteiger charge is -2.05. The van der Waals surface area contributed by atoms with Crippen LogP contribution in [0.3, 0.4) is 0 Å². The van der Waals surface area contributed by atoms with Crippen molar-refractivity contribution < 1.29 is 14.3 Å². The molecule has 1 saturated heterocycles. The second-order valence-corrected chi connectivity index (χ2v) is 2.62. The van der Waals surface area contributed by atoms with Crippen LogP contribution in [0.4, 0.5) is 4.79 Å². The zero-order valence-corrected chi connectivity index (χ0v) is 7.78. The highest BCUT2D eigenvalue weighted by molar-refractivity contribution is 14.1. The van der Waals surface area contributed by atoms with Crippen LogP contribution in [0, 0.1) is 0 Å². The number of ether oxygens (including phenoxy) is 1. The summed E-state index contributed by atoms with van der Waals surface area (Å²) in [4.78, 5) is 22.8. The first-order valence-corrected chi connectivity index (χ1v) is 4.25. The van der Waals surface area contributed by atoms with Crippen LogP contribution in [0.25, 0.3) is 0 Å². The molecule has 1 aliphatic heterocycles. The van der Waals surface area contributed by atoms with Crippen molar-refractivity contribution in [3.05, 3.63) is 10.2 Å². The second kappa shape index (κ2) is 3.70. The first-order valence-electron chi connectivity index (χ1n) is 3.00. The normalized spacial score (nSPS) is 17.5. The van der Waals surface area contributed by atoms with E-state index in [1.807, 2.05) is 22.6 Å². The van der Waals surface area contributed by atoms with E-state index in [0.717, 1.165) is 4.90 Å². The van der Waals surface area contributed by atoms with Crippen LogP contribution in [-0.4, -0.2) is 30.1 Å². The third-order valence-corrected chi connectivity index (χ3v) is 1.59. The average Bonchev–Trinajstić information content (AvgIpc) is 2.36. The number of amides is 2. The topological polar surface area (TPSA) is 46.6 Å². The predicted molar refractivity (Wildman–Crippen MR) is 46.2 cm³/mol. The molecule has 1 heterocycles. The molecule has 1 fully saturated rings. The highest BCUT2D eigenvalue weighted by Crippen LogP contribution is 2.04. The van der Waals surface area contributed by atoms with Crippen LogP contribution in [0.5, 0.6) is 0 Å². The van der Waals surface area contributed by atoms with Crippen molar-refractivity contribution in [2.45, 2.75) is 0 Å². The number of carbonyl (C=O) groups excluding carboxylic acids is 2. The maximum Gasteiger partial charge on any atom is 0.416 e. The van der Waals surface area contributed by atoms with Crippen molar-refractivity contribution in [3.63, 3.8) is 0 Å². The lowest BCUT2D eigenvalue weighted by molar-refractivity contribution is -0.122. The van der Waals surface area contributed by atoms with Crippen molar-refractivity contribution >= 4 is 34.6 Å². The summed E-state index contributed by atoms with van der Waals surface area (Å²) in [5, 5.41) is 0. The summed E-state index contributed by atoms with van der Waals surface area (Å²) < 4.78 is 6.12. The molecule has 1 rings (SSSR count).